The van der Waals surface area contributed by atoms with Crippen molar-refractivity contribution in [3.8, 4) is 0 Å². The molecular weight excluding hydrogens is 460 g/mol. The summed E-state index contributed by atoms with van der Waals surface area (Å²) in [7, 11) is 0. The number of carbonyl (C=O) groups excluding carboxylic acids is 2. The molecule has 3 aromatic rings. The summed E-state index contributed by atoms with van der Waals surface area (Å²) in [6.07, 6.45) is 0.728. The molecule has 1 aliphatic heterocycles. The summed E-state index contributed by atoms with van der Waals surface area (Å²) in [5, 5.41) is 20.6. The van der Waals surface area contributed by atoms with Crippen LogP contribution in [0.5, 0.6) is 0 Å². The van der Waals surface area contributed by atoms with Crippen molar-refractivity contribution >= 4 is 40.2 Å². The van der Waals surface area contributed by atoms with E-state index in [1.807, 2.05) is 54.6 Å². The number of nitro groups is 1. The molecule has 0 atom stereocenters. The van der Waals surface area contributed by atoms with E-state index in [0.29, 0.717) is 35.7 Å². The molecule has 1 amide bonds. The molecule has 1 aliphatic rings. The van der Waals surface area contributed by atoms with E-state index < -0.39 is 4.92 Å². The van der Waals surface area contributed by atoms with E-state index >= 15 is 0 Å². The second-order valence-corrected chi connectivity index (χ2v) is 8.11. The summed E-state index contributed by atoms with van der Waals surface area (Å²) in [6.45, 7) is 2.93. The third-order valence-corrected chi connectivity index (χ3v) is 5.66. The van der Waals surface area contributed by atoms with Gasteiger partial charge in [-0.25, -0.2) is 0 Å². The van der Waals surface area contributed by atoms with Crippen LogP contribution in [0.4, 0.5) is 17.1 Å². The van der Waals surface area contributed by atoms with Gasteiger partial charge in [-0.15, -0.1) is 0 Å². The second-order valence-electron chi connectivity index (χ2n) is 8.11. The summed E-state index contributed by atoms with van der Waals surface area (Å²) in [5.74, 6) is -0.609. The van der Waals surface area contributed by atoms with Crippen molar-refractivity contribution in [2.45, 2.75) is 13.3 Å². The predicted octanol–water partition coefficient (Wildman–Crippen LogP) is 4.22. The van der Waals surface area contributed by atoms with Gasteiger partial charge in [-0.3, -0.25) is 19.7 Å². The minimum Gasteiger partial charge on any atom is -0.465 e. The number of hydrogen-bond donors (Lipinski definition) is 3. The van der Waals surface area contributed by atoms with Crippen LogP contribution in [0.2, 0.25) is 0 Å². The number of benzene rings is 3. The van der Waals surface area contributed by atoms with E-state index in [0.717, 1.165) is 23.2 Å². The SMILES string of the molecule is CCOC(=O)CNCCc1ccc(NC(=C2C(=O)Nc3ccc([N+](=O)[O-])cc32)c2ccccc2)cc1. The van der Waals surface area contributed by atoms with Gasteiger partial charge in [-0.05, 0) is 49.2 Å². The van der Waals surface area contributed by atoms with Crippen molar-refractivity contribution in [1.82, 2.24) is 5.32 Å². The third kappa shape index (κ3) is 5.76. The Morgan fingerprint density at radius 1 is 1.06 bits per heavy atom. The van der Waals surface area contributed by atoms with Gasteiger partial charge in [-0.1, -0.05) is 42.5 Å². The fourth-order valence-electron chi connectivity index (χ4n) is 3.94. The van der Waals surface area contributed by atoms with Crippen LogP contribution >= 0.6 is 0 Å². The zero-order valence-electron chi connectivity index (χ0n) is 19.7. The van der Waals surface area contributed by atoms with Gasteiger partial charge >= 0.3 is 5.97 Å². The predicted molar refractivity (Wildman–Crippen MR) is 138 cm³/mol. The zero-order chi connectivity index (χ0) is 25.5. The highest BCUT2D eigenvalue weighted by Gasteiger charge is 2.30. The fourth-order valence-corrected chi connectivity index (χ4v) is 3.94. The maximum absolute atomic E-state index is 13.0. The summed E-state index contributed by atoms with van der Waals surface area (Å²) >= 11 is 0. The Bertz CT molecular complexity index is 1300. The van der Waals surface area contributed by atoms with Crippen molar-refractivity contribution in [3.05, 3.63) is 99.6 Å². The number of hydrogen-bond acceptors (Lipinski definition) is 7. The van der Waals surface area contributed by atoms with Gasteiger partial charge < -0.3 is 20.7 Å². The Hall–Kier alpha value is -4.50. The largest absolute Gasteiger partial charge is 0.465 e. The van der Waals surface area contributed by atoms with Crippen molar-refractivity contribution < 1.29 is 19.2 Å². The van der Waals surface area contributed by atoms with Crippen LogP contribution in [0.15, 0.2) is 72.8 Å². The van der Waals surface area contributed by atoms with Gasteiger partial charge in [0.25, 0.3) is 11.6 Å². The first-order chi connectivity index (χ1) is 17.5. The number of anilines is 2. The molecule has 4 rings (SSSR count). The number of nitro benzene ring substituents is 1. The first-order valence-corrected chi connectivity index (χ1v) is 11.6. The molecule has 1 heterocycles. The van der Waals surface area contributed by atoms with Crippen LogP contribution in [0.25, 0.3) is 11.3 Å². The Morgan fingerprint density at radius 3 is 2.50 bits per heavy atom. The fraction of sp³-hybridized carbons (Fsp3) is 0.185. The minimum absolute atomic E-state index is 0.0870. The average molecular weight is 487 g/mol. The maximum Gasteiger partial charge on any atom is 0.319 e. The molecule has 36 heavy (non-hydrogen) atoms. The first-order valence-electron chi connectivity index (χ1n) is 11.6. The second kappa shape index (κ2) is 11.3. The summed E-state index contributed by atoms with van der Waals surface area (Å²) < 4.78 is 4.90. The molecular formula is C27H26N4O5. The zero-order valence-corrected chi connectivity index (χ0v) is 19.7. The highest BCUT2D eigenvalue weighted by molar-refractivity contribution is 6.37. The molecule has 9 nitrogen and oxygen atoms in total. The molecule has 0 aliphatic carbocycles. The van der Waals surface area contributed by atoms with Crippen LogP contribution in [0.1, 0.15) is 23.6 Å². The van der Waals surface area contributed by atoms with Crippen LogP contribution in [-0.2, 0) is 20.7 Å². The summed E-state index contributed by atoms with van der Waals surface area (Å²) in [4.78, 5) is 35.3. The molecule has 0 radical (unpaired) electrons. The maximum atomic E-state index is 13.0. The Morgan fingerprint density at radius 2 is 1.81 bits per heavy atom. The Kier molecular flexibility index (Phi) is 7.72. The number of rotatable bonds is 10. The van der Waals surface area contributed by atoms with Crippen molar-refractivity contribution in [2.75, 3.05) is 30.3 Å². The summed E-state index contributed by atoms with van der Waals surface area (Å²) in [5.41, 5.74) is 4.42. The van der Waals surface area contributed by atoms with E-state index in [2.05, 4.69) is 16.0 Å². The molecule has 0 fully saturated rings. The highest BCUT2D eigenvalue weighted by Crippen LogP contribution is 2.39. The molecule has 0 spiro atoms. The average Bonchev–Trinajstić information content (AvgIpc) is 3.21. The lowest BCUT2D eigenvalue weighted by atomic mass is 9.99. The van der Waals surface area contributed by atoms with Crippen LogP contribution in [0.3, 0.4) is 0 Å². The van der Waals surface area contributed by atoms with Crippen molar-refractivity contribution in [2.24, 2.45) is 0 Å². The van der Waals surface area contributed by atoms with Gasteiger partial charge in [0.05, 0.1) is 29.3 Å². The highest BCUT2D eigenvalue weighted by atomic mass is 16.6. The quantitative estimate of drug-likeness (QED) is 0.129. The van der Waals surface area contributed by atoms with Crippen molar-refractivity contribution in [1.29, 1.82) is 0 Å². The molecule has 3 aromatic carbocycles. The number of esters is 1. The van der Waals surface area contributed by atoms with Gasteiger partial charge in [0.1, 0.15) is 0 Å². The van der Waals surface area contributed by atoms with E-state index in [9.17, 15) is 19.7 Å². The molecule has 0 bridgehead atoms. The Labute approximate surface area is 208 Å². The van der Waals surface area contributed by atoms with Crippen LogP contribution in [0, 0.1) is 10.1 Å². The van der Waals surface area contributed by atoms with E-state index in [1.54, 1.807) is 13.0 Å². The van der Waals surface area contributed by atoms with E-state index in [1.165, 1.54) is 12.1 Å². The molecule has 0 saturated heterocycles. The first kappa shape index (κ1) is 24.6. The van der Waals surface area contributed by atoms with Crippen molar-refractivity contribution in [3.63, 3.8) is 0 Å². The molecule has 0 aromatic heterocycles. The van der Waals surface area contributed by atoms with Crippen LogP contribution < -0.4 is 16.0 Å². The molecule has 3 N–H and O–H groups in total. The molecule has 9 heteroatoms. The lowest BCUT2D eigenvalue weighted by Gasteiger charge is -2.15. The van der Waals surface area contributed by atoms with Crippen LogP contribution in [-0.4, -0.2) is 36.5 Å². The monoisotopic (exact) mass is 486 g/mol. The number of nitrogens with zero attached hydrogens (tertiary/aromatic N) is 1. The van der Waals surface area contributed by atoms with E-state index in [4.69, 9.17) is 4.74 Å². The lowest BCUT2D eigenvalue weighted by molar-refractivity contribution is -0.384. The Balaban J connectivity index is 1.58. The topological polar surface area (TPSA) is 123 Å². The van der Waals surface area contributed by atoms with Gasteiger partial charge in [0.15, 0.2) is 0 Å². The molecule has 184 valence electrons. The van der Waals surface area contributed by atoms with Gasteiger partial charge in [0, 0.05) is 29.1 Å². The number of nitrogens with one attached hydrogen (secondary N) is 3. The number of non-ortho nitro benzene ring substituents is 1. The third-order valence-electron chi connectivity index (χ3n) is 5.66. The lowest BCUT2D eigenvalue weighted by Crippen LogP contribution is -2.26. The molecule has 0 unspecified atom stereocenters. The smallest absolute Gasteiger partial charge is 0.319 e. The van der Waals surface area contributed by atoms with Gasteiger partial charge in [0.2, 0.25) is 0 Å². The number of amides is 1. The standard InChI is InChI=1S/C27H26N4O5/c1-2-36-24(32)17-28-15-14-18-8-10-20(11-9-18)29-26(19-6-4-3-5-7-19)25-22-16-21(31(34)35)12-13-23(22)30-27(25)33/h3-13,16,28-29H,2,14-15,17H2,1H3,(H,30,33). The normalized spacial score (nSPS) is 13.5. The minimum atomic E-state index is -0.476. The number of carbonyl (C=O) groups is 2. The van der Waals surface area contributed by atoms with E-state index in [-0.39, 0.29) is 24.1 Å². The van der Waals surface area contributed by atoms with Gasteiger partial charge in [-0.2, -0.15) is 0 Å². The molecule has 0 saturated carbocycles. The summed E-state index contributed by atoms with van der Waals surface area (Å²) in [6, 6.07) is 21.5. The number of ether oxygens (including phenoxy) is 1. The number of fused-ring (bicyclic) bond motifs is 1.